The van der Waals surface area contributed by atoms with Gasteiger partial charge in [0.25, 0.3) is 0 Å². The van der Waals surface area contributed by atoms with Crippen LogP contribution >= 0.6 is 0 Å². The predicted molar refractivity (Wildman–Crippen MR) is 93.1 cm³/mol. The molecule has 0 saturated carbocycles. The Balaban J connectivity index is 2.25. The Kier molecular flexibility index (Phi) is 4.96. The maximum atomic E-state index is 12.6. The number of fused-ring (bicyclic) bond motifs is 1. The van der Waals surface area contributed by atoms with Gasteiger partial charge in [0.05, 0.1) is 0 Å². The lowest BCUT2D eigenvalue weighted by Gasteiger charge is -2.34. The van der Waals surface area contributed by atoms with Crippen LogP contribution in [0, 0.1) is 11.3 Å². The van der Waals surface area contributed by atoms with E-state index in [0.29, 0.717) is 5.92 Å². The molecule has 0 aliphatic carbocycles. The second-order valence-corrected chi connectivity index (χ2v) is 7.89. The molecule has 1 amide bonds. The molecule has 122 valence electrons. The Morgan fingerprint density at radius 1 is 1.32 bits per heavy atom. The highest BCUT2D eigenvalue weighted by Gasteiger charge is 2.31. The van der Waals surface area contributed by atoms with E-state index >= 15 is 0 Å². The summed E-state index contributed by atoms with van der Waals surface area (Å²) in [6.07, 6.45) is 2.99. The third-order valence-corrected chi connectivity index (χ3v) is 4.48. The van der Waals surface area contributed by atoms with E-state index in [2.05, 4.69) is 32.0 Å². The van der Waals surface area contributed by atoms with Crippen LogP contribution < -0.4 is 10.6 Å². The topological polar surface area (TPSA) is 46.3 Å². The molecule has 1 aromatic carbocycles. The van der Waals surface area contributed by atoms with Gasteiger partial charge in [-0.2, -0.15) is 0 Å². The molecule has 0 spiro atoms. The smallest absolute Gasteiger partial charge is 0.232 e. The number of carbonyl (C=O) groups excluding carboxylic acids is 1. The number of benzene rings is 1. The van der Waals surface area contributed by atoms with E-state index in [4.69, 9.17) is 5.73 Å². The predicted octanol–water partition coefficient (Wildman–Crippen LogP) is 3.54. The molecule has 1 aliphatic heterocycles. The van der Waals surface area contributed by atoms with Crippen LogP contribution in [0.2, 0.25) is 0 Å². The first-order valence-electron chi connectivity index (χ1n) is 8.39. The minimum absolute atomic E-state index is 0.189. The first kappa shape index (κ1) is 17.0. The first-order chi connectivity index (χ1) is 10.2. The van der Waals surface area contributed by atoms with Gasteiger partial charge in [-0.15, -0.1) is 0 Å². The lowest BCUT2D eigenvalue weighted by atomic mass is 9.90. The van der Waals surface area contributed by atoms with Crippen LogP contribution in [0.4, 0.5) is 5.69 Å². The van der Waals surface area contributed by atoms with Crippen LogP contribution in [0.1, 0.15) is 52.2 Å². The summed E-state index contributed by atoms with van der Waals surface area (Å²) in [6.45, 7) is 11.1. The molecule has 1 unspecified atom stereocenters. The van der Waals surface area contributed by atoms with Crippen molar-refractivity contribution in [2.45, 2.75) is 59.9 Å². The molecule has 0 radical (unpaired) electrons. The Labute approximate surface area is 134 Å². The lowest BCUT2D eigenvalue weighted by molar-refractivity contribution is -0.125. The number of carbonyl (C=O) groups is 1. The van der Waals surface area contributed by atoms with Gasteiger partial charge in [-0.3, -0.25) is 4.79 Å². The summed E-state index contributed by atoms with van der Waals surface area (Å²) in [5.41, 5.74) is 9.52. The molecule has 3 heteroatoms. The van der Waals surface area contributed by atoms with E-state index in [1.807, 2.05) is 25.7 Å². The van der Waals surface area contributed by atoms with Gasteiger partial charge in [0, 0.05) is 23.7 Å². The highest BCUT2D eigenvalue weighted by atomic mass is 16.2. The summed E-state index contributed by atoms with van der Waals surface area (Å²) in [6, 6.07) is 6.68. The normalized spacial score (nSPS) is 16.6. The maximum Gasteiger partial charge on any atom is 0.232 e. The zero-order valence-corrected chi connectivity index (χ0v) is 14.6. The maximum absolute atomic E-state index is 12.6. The molecular weight excluding hydrogens is 272 g/mol. The monoisotopic (exact) mass is 302 g/mol. The van der Waals surface area contributed by atoms with Crippen molar-refractivity contribution in [2.75, 3.05) is 11.4 Å². The van der Waals surface area contributed by atoms with Crippen molar-refractivity contribution in [3.63, 3.8) is 0 Å². The van der Waals surface area contributed by atoms with Crippen molar-refractivity contribution in [3.05, 3.63) is 29.3 Å². The fraction of sp³-hybridized carbons (Fsp3) is 0.632. The highest BCUT2D eigenvalue weighted by molar-refractivity contribution is 5.97. The molecule has 0 aromatic heterocycles. The Hall–Kier alpha value is -1.35. The van der Waals surface area contributed by atoms with Crippen molar-refractivity contribution in [3.8, 4) is 0 Å². The fourth-order valence-corrected chi connectivity index (χ4v) is 2.90. The number of nitrogens with zero attached hydrogens (tertiary/aromatic N) is 1. The van der Waals surface area contributed by atoms with Gasteiger partial charge < -0.3 is 10.6 Å². The quantitative estimate of drug-likeness (QED) is 0.928. The number of hydrogen-bond donors (Lipinski definition) is 1. The Morgan fingerprint density at radius 2 is 2.00 bits per heavy atom. The van der Waals surface area contributed by atoms with Gasteiger partial charge in [0.2, 0.25) is 5.91 Å². The zero-order chi connectivity index (χ0) is 16.5. The van der Waals surface area contributed by atoms with Gasteiger partial charge in [-0.05, 0) is 42.4 Å². The number of rotatable bonds is 3. The van der Waals surface area contributed by atoms with Crippen molar-refractivity contribution in [2.24, 2.45) is 17.1 Å². The van der Waals surface area contributed by atoms with Gasteiger partial charge >= 0.3 is 0 Å². The Morgan fingerprint density at radius 3 is 2.59 bits per heavy atom. The van der Waals surface area contributed by atoms with Crippen molar-refractivity contribution in [1.29, 1.82) is 0 Å². The average Bonchev–Trinajstić information content (AvgIpc) is 2.44. The van der Waals surface area contributed by atoms with Crippen LogP contribution in [0.15, 0.2) is 18.2 Å². The number of anilines is 1. The van der Waals surface area contributed by atoms with E-state index in [1.165, 1.54) is 11.1 Å². The van der Waals surface area contributed by atoms with Gasteiger partial charge in [0.15, 0.2) is 0 Å². The molecule has 3 nitrogen and oxygen atoms in total. The van der Waals surface area contributed by atoms with Crippen LogP contribution in [-0.2, 0) is 17.6 Å². The van der Waals surface area contributed by atoms with E-state index in [0.717, 1.165) is 31.5 Å². The van der Waals surface area contributed by atoms with E-state index in [1.54, 1.807) is 0 Å². The summed E-state index contributed by atoms with van der Waals surface area (Å²) in [5, 5.41) is 0. The highest BCUT2D eigenvalue weighted by Crippen LogP contribution is 2.32. The lowest BCUT2D eigenvalue weighted by Crippen LogP contribution is -2.42. The van der Waals surface area contributed by atoms with Crippen LogP contribution in [-0.4, -0.2) is 18.5 Å². The molecule has 0 saturated heterocycles. The summed E-state index contributed by atoms with van der Waals surface area (Å²) in [5.74, 6) is 0.690. The summed E-state index contributed by atoms with van der Waals surface area (Å²) >= 11 is 0. The number of amides is 1. The van der Waals surface area contributed by atoms with E-state index < -0.39 is 0 Å². The second-order valence-electron chi connectivity index (χ2n) is 7.89. The molecule has 1 heterocycles. The number of hydrogen-bond acceptors (Lipinski definition) is 2. The molecule has 0 bridgehead atoms. The van der Waals surface area contributed by atoms with Gasteiger partial charge in [-0.25, -0.2) is 0 Å². The van der Waals surface area contributed by atoms with Crippen molar-refractivity contribution < 1.29 is 4.79 Å². The molecule has 22 heavy (non-hydrogen) atoms. The second kappa shape index (κ2) is 6.41. The molecule has 1 aromatic rings. The van der Waals surface area contributed by atoms with Crippen LogP contribution in [0.25, 0.3) is 0 Å². The third-order valence-electron chi connectivity index (χ3n) is 4.48. The number of nitrogens with two attached hydrogens (primary N) is 1. The largest absolute Gasteiger partial charge is 0.327 e. The van der Waals surface area contributed by atoms with Crippen LogP contribution in [0.5, 0.6) is 0 Å². The summed E-state index contributed by atoms with van der Waals surface area (Å²) < 4.78 is 0. The average molecular weight is 302 g/mol. The summed E-state index contributed by atoms with van der Waals surface area (Å²) in [4.78, 5) is 14.6. The molecule has 2 N–H and O–H groups in total. The fourth-order valence-electron chi connectivity index (χ4n) is 2.90. The zero-order valence-electron chi connectivity index (χ0n) is 14.6. The third kappa shape index (κ3) is 3.70. The molecule has 0 fully saturated rings. The van der Waals surface area contributed by atoms with E-state index in [9.17, 15) is 4.79 Å². The van der Waals surface area contributed by atoms with Gasteiger partial charge in [0.1, 0.15) is 0 Å². The molecular formula is C19H30N2O. The number of aryl methyl sites for hydroxylation is 1. The first-order valence-corrected chi connectivity index (χ1v) is 8.39. The molecule has 1 aliphatic rings. The molecule has 1 atom stereocenters. The van der Waals surface area contributed by atoms with Crippen LogP contribution in [0.3, 0.4) is 0 Å². The minimum Gasteiger partial charge on any atom is -0.327 e. The van der Waals surface area contributed by atoms with Crippen molar-refractivity contribution in [1.82, 2.24) is 0 Å². The van der Waals surface area contributed by atoms with Gasteiger partial charge in [-0.1, -0.05) is 46.8 Å². The molecule has 2 rings (SSSR count). The SMILES string of the molecule is CC(C)C(N)Cc1ccc2c(c1)CCCN2C(=O)C(C)(C)C. The van der Waals surface area contributed by atoms with E-state index in [-0.39, 0.29) is 17.4 Å². The standard InChI is InChI=1S/C19H30N2O/c1-13(2)16(20)12-14-8-9-17-15(11-14)7-6-10-21(17)18(22)19(3,4)5/h8-9,11,13,16H,6-7,10,12,20H2,1-5H3. The Bertz CT molecular complexity index is 543. The minimum atomic E-state index is -0.340. The summed E-state index contributed by atoms with van der Waals surface area (Å²) in [7, 11) is 0. The van der Waals surface area contributed by atoms with Crippen molar-refractivity contribution >= 4 is 11.6 Å².